The number of fused-ring (bicyclic) bond motifs is 2. The topological polar surface area (TPSA) is 99.5 Å². The predicted molar refractivity (Wildman–Crippen MR) is 143 cm³/mol. The Morgan fingerprint density at radius 3 is 2.51 bits per heavy atom. The highest BCUT2D eigenvalue weighted by Gasteiger charge is 2.50. The van der Waals surface area contributed by atoms with E-state index >= 15 is 0 Å². The molecule has 4 atom stereocenters. The molecule has 0 radical (unpaired) electrons. The normalized spacial score (nSPS) is 21.8. The molecule has 1 saturated carbocycles. The smallest absolute Gasteiger partial charge is 0.244 e. The van der Waals surface area contributed by atoms with Crippen LogP contribution in [0.5, 0.6) is 0 Å². The van der Waals surface area contributed by atoms with Crippen LogP contribution in [0, 0.1) is 17.2 Å². The van der Waals surface area contributed by atoms with Crippen LogP contribution >= 0.6 is 0 Å². The van der Waals surface area contributed by atoms with E-state index in [-0.39, 0.29) is 28.8 Å². The fourth-order valence-electron chi connectivity index (χ4n) is 5.45. The minimum atomic E-state index is -3.29. The number of carbonyl (C=O) groups is 1. The third-order valence-corrected chi connectivity index (χ3v) is 8.14. The Morgan fingerprint density at radius 2 is 1.89 bits per heavy atom. The van der Waals surface area contributed by atoms with Gasteiger partial charge in [-0.2, -0.15) is 5.26 Å². The van der Waals surface area contributed by atoms with Gasteiger partial charge in [0.05, 0.1) is 11.0 Å². The number of ether oxygens (including phenoxy) is 1. The molecule has 1 heterocycles. The molecule has 0 aromatic heterocycles. The molecule has 1 amide bonds. The number of likely N-dealkylation sites (tertiary alicyclic amines) is 1. The van der Waals surface area contributed by atoms with Gasteiger partial charge in [0, 0.05) is 18.7 Å². The number of piperidine rings is 1. The van der Waals surface area contributed by atoms with Gasteiger partial charge in [-0.05, 0) is 81.4 Å². The number of hydrogen-bond donors (Lipinski definition) is 1. The lowest BCUT2D eigenvalue weighted by atomic mass is 9.97. The zero-order chi connectivity index (χ0) is 27.0. The largest absolute Gasteiger partial charge is 0.474 e. The standard InChI is InChI=1S/C29H35N3O4S/c1-19(36-29(2,3)4)32-25-14-13-23(16-25)27(32)28(33)31-24(18-30)15-20-9-11-21(12-10-20)22-7-6-8-26(17-22)37(5,34)35/h6-12,17,23-25,27H,1,13-16H2,2-5H3,(H,31,33)/t23-,24-,25+,27-/m0/s1. The zero-order valence-electron chi connectivity index (χ0n) is 21.9. The zero-order valence-corrected chi connectivity index (χ0v) is 22.7. The fraction of sp³-hybridized carbons (Fsp3) is 0.448. The number of sulfone groups is 1. The van der Waals surface area contributed by atoms with Crippen molar-refractivity contribution in [2.75, 3.05) is 6.26 Å². The van der Waals surface area contributed by atoms with Gasteiger partial charge in [-0.3, -0.25) is 4.79 Å². The summed E-state index contributed by atoms with van der Waals surface area (Å²) in [4.78, 5) is 15.7. The van der Waals surface area contributed by atoms with Crippen LogP contribution in [0.3, 0.4) is 0 Å². The predicted octanol–water partition coefficient (Wildman–Crippen LogP) is 4.45. The van der Waals surface area contributed by atoms with Crippen molar-refractivity contribution in [3.8, 4) is 17.2 Å². The lowest BCUT2D eigenvalue weighted by Gasteiger charge is -2.39. The SMILES string of the molecule is C=C(OC(C)(C)C)N1[C@@H]2CC[C@@H](C2)[C@H]1C(=O)N[C@H](C#N)Cc1ccc(-c2cccc(S(C)(=O)=O)c2)cc1. The summed E-state index contributed by atoms with van der Waals surface area (Å²) < 4.78 is 29.8. The lowest BCUT2D eigenvalue weighted by molar-refractivity contribution is -0.130. The maximum atomic E-state index is 13.4. The molecule has 2 aromatic carbocycles. The highest BCUT2D eigenvalue weighted by Crippen LogP contribution is 2.45. The van der Waals surface area contributed by atoms with Crippen LogP contribution in [0.25, 0.3) is 11.1 Å². The minimum absolute atomic E-state index is 0.161. The molecule has 7 nitrogen and oxygen atoms in total. The van der Waals surface area contributed by atoms with E-state index in [4.69, 9.17) is 4.74 Å². The minimum Gasteiger partial charge on any atom is -0.474 e. The summed E-state index contributed by atoms with van der Waals surface area (Å²) in [5.41, 5.74) is 2.17. The van der Waals surface area contributed by atoms with Crippen LogP contribution in [0.1, 0.15) is 45.6 Å². The van der Waals surface area contributed by atoms with Crippen molar-refractivity contribution in [2.24, 2.45) is 5.92 Å². The molecule has 37 heavy (non-hydrogen) atoms. The Bertz CT molecular complexity index is 1320. The molecule has 8 heteroatoms. The van der Waals surface area contributed by atoms with E-state index in [2.05, 4.69) is 18.0 Å². The quantitative estimate of drug-likeness (QED) is 0.516. The summed E-state index contributed by atoms with van der Waals surface area (Å²) in [6, 6.07) is 15.8. The second-order valence-corrected chi connectivity index (χ2v) is 13.1. The van der Waals surface area contributed by atoms with E-state index in [0.717, 1.165) is 36.0 Å². The molecule has 2 aliphatic rings. The molecule has 2 aromatic rings. The average molecular weight is 522 g/mol. The Balaban J connectivity index is 1.43. The van der Waals surface area contributed by atoms with E-state index in [1.807, 2.05) is 56.0 Å². The van der Waals surface area contributed by atoms with E-state index < -0.39 is 21.5 Å². The molecular weight excluding hydrogens is 486 g/mol. The number of benzene rings is 2. The van der Waals surface area contributed by atoms with Gasteiger partial charge in [0.1, 0.15) is 17.7 Å². The van der Waals surface area contributed by atoms with E-state index in [1.54, 1.807) is 18.2 Å². The number of nitrogens with zero attached hydrogens (tertiary/aromatic N) is 2. The highest BCUT2D eigenvalue weighted by molar-refractivity contribution is 7.90. The number of rotatable bonds is 8. The molecule has 2 fully saturated rings. The second-order valence-electron chi connectivity index (χ2n) is 11.1. The van der Waals surface area contributed by atoms with Crippen molar-refractivity contribution in [1.29, 1.82) is 5.26 Å². The number of hydrogen-bond acceptors (Lipinski definition) is 6. The number of amides is 1. The summed E-state index contributed by atoms with van der Waals surface area (Å²) in [6.45, 7) is 10.00. The molecule has 2 bridgehead atoms. The molecule has 4 rings (SSSR count). The monoisotopic (exact) mass is 521 g/mol. The Hall–Kier alpha value is -3.31. The van der Waals surface area contributed by atoms with Crippen LogP contribution in [0.15, 0.2) is 65.9 Å². The first-order chi connectivity index (χ1) is 17.4. The van der Waals surface area contributed by atoms with Crippen molar-refractivity contribution in [3.63, 3.8) is 0 Å². The molecule has 0 unspecified atom stereocenters. The average Bonchev–Trinajstić information content (AvgIpc) is 3.44. The number of nitriles is 1. The van der Waals surface area contributed by atoms with Crippen LogP contribution in [-0.2, 0) is 25.8 Å². The molecule has 0 spiro atoms. The lowest BCUT2D eigenvalue weighted by Crippen LogP contribution is -2.52. The number of carbonyl (C=O) groups excluding carboxylic acids is 1. The first kappa shape index (κ1) is 26.7. The fourth-order valence-corrected chi connectivity index (χ4v) is 6.12. The van der Waals surface area contributed by atoms with Crippen LogP contribution in [0.2, 0.25) is 0 Å². The summed E-state index contributed by atoms with van der Waals surface area (Å²) in [7, 11) is -3.29. The van der Waals surface area contributed by atoms with Crippen molar-refractivity contribution < 1.29 is 17.9 Å². The van der Waals surface area contributed by atoms with Gasteiger partial charge in [0.15, 0.2) is 15.7 Å². The van der Waals surface area contributed by atoms with Gasteiger partial charge in [0.25, 0.3) is 0 Å². The summed E-state index contributed by atoms with van der Waals surface area (Å²) in [6.07, 6.45) is 4.49. The van der Waals surface area contributed by atoms with Gasteiger partial charge < -0.3 is 15.0 Å². The molecule has 196 valence electrons. The van der Waals surface area contributed by atoms with E-state index in [9.17, 15) is 18.5 Å². The summed E-state index contributed by atoms with van der Waals surface area (Å²) >= 11 is 0. The Kier molecular flexibility index (Phi) is 7.38. The van der Waals surface area contributed by atoms with Crippen LogP contribution in [-0.4, -0.2) is 49.2 Å². The van der Waals surface area contributed by atoms with Crippen LogP contribution in [0.4, 0.5) is 0 Å². The molecule has 1 saturated heterocycles. The van der Waals surface area contributed by atoms with E-state index in [1.165, 1.54) is 6.26 Å². The molecular formula is C29H35N3O4S. The summed E-state index contributed by atoms with van der Waals surface area (Å²) in [5, 5.41) is 12.8. The van der Waals surface area contributed by atoms with E-state index in [0.29, 0.717) is 12.3 Å². The van der Waals surface area contributed by atoms with Crippen molar-refractivity contribution >= 4 is 15.7 Å². The second kappa shape index (κ2) is 10.2. The third-order valence-electron chi connectivity index (χ3n) is 7.03. The molecule has 1 N–H and O–H groups in total. The maximum Gasteiger partial charge on any atom is 0.244 e. The maximum absolute atomic E-state index is 13.4. The van der Waals surface area contributed by atoms with Gasteiger partial charge in [-0.25, -0.2) is 8.42 Å². The van der Waals surface area contributed by atoms with Crippen molar-refractivity contribution in [2.45, 2.75) is 75.1 Å². The Morgan fingerprint density at radius 1 is 1.19 bits per heavy atom. The van der Waals surface area contributed by atoms with Crippen molar-refractivity contribution in [3.05, 3.63) is 66.6 Å². The third kappa shape index (κ3) is 6.16. The van der Waals surface area contributed by atoms with Gasteiger partial charge in [-0.1, -0.05) is 36.4 Å². The van der Waals surface area contributed by atoms with Gasteiger partial charge >= 0.3 is 0 Å². The van der Waals surface area contributed by atoms with Crippen molar-refractivity contribution in [1.82, 2.24) is 10.2 Å². The highest BCUT2D eigenvalue weighted by atomic mass is 32.2. The first-order valence-corrected chi connectivity index (χ1v) is 14.5. The van der Waals surface area contributed by atoms with Gasteiger partial charge in [-0.15, -0.1) is 0 Å². The Labute approximate surface area is 220 Å². The number of nitrogens with one attached hydrogen (secondary N) is 1. The summed E-state index contributed by atoms with van der Waals surface area (Å²) in [5.74, 6) is 0.585. The van der Waals surface area contributed by atoms with Gasteiger partial charge in [0.2, 0.25) is 5.91 Å². The first-order valence-electron chi connectivity index (χ1n) is 12.6. The molecule has 1 aliphatic heterocycles. The molecule has 1 aliphatic carbocycles. The van der Waals surface area contributed by atoms with Crippen LogP contribution < -0.4 is 5.32 Å².